The molecule has 19 nitrogen and oxygen atoms in total. The topological polar surface area (TPSA) is 161 Å². The highest BCUT2D eigenvalue weighted by Gasteiger charge is 2.54. The predicted molar refractivity (Wildman–Crippen MR) is 312 cm³/mol. The molecule has 0 aromatic heterocycles. The second kappa shape index (κ2) is 30.4. The van der Waals surface area contributed by atoms with Crippen molar-refractivity contribution in [2.24, 2.45) is 5.41 Å². The van der Waals surface area contributed by atoms with Crippen LogP contribution in [0.1, 0.15) is 171 Å². The second-order valence-corrected chi connectivity index (χ2v) is 27.4. The minimum atomic E-state index is -0.400. The largest absolute Gasteiger partial charge is 0.469 e. The van der Waals surface area contributed by atoms with E-state index in [0.29, 0.717) is 24.2 Å². The van der Waals surface area contributed by atoms with E-state index in [1.807, 2.05) is 74.1 Å². The van der Waals surface area contributed by atoms with E-state index in [4.69, 9.17) is 18.9 Å². The average molecular weight is 1110 g/mol. The van der Waals surface area contributed by atoms with Gasteiger partial charge in [0, 0.05) is 128 Å². The fourth-order valence-corrected chi connectivity index (χ4v) is 9.79. The molecule has 5 heterocycles. The van der Waals surface area contributed by atoms with Gasteiger partial charge in [0.15, 0.2) is 0 Å². The van der Waals surface area contributed by atoms with E-state index in [0.717, 1.165) is 137 Å². The Bertz CT molecular complexity index is 1770. The van der Waals surface area contributed by atoms with Gasteiger partial charge in [0.05, 0.1) is 25.2 Å². The molecule has 19 heteroatoms. The first-order valence-corrected chi connectivity index (χ1v) is 29.4. The Hall–Kier alpha value is -3.65. The van der Waals surface area contributed by atoms with Crippen LogP contribution in [0.4, 0.5) is 19.2 Å². The number of carbonyl (C=O) groups excluding carboxylic acids is 5. The number of likely N-dealkylation sites (tertiary alicyclic amines) is 1. The number of ether oxygens (including phenoxy) is 5. The monoisotopic (exact) mass is 1110 g/mol. The van der Waals surface area contributed by atoms with Crippen molar-refractivity contribution >= 4 is 30.3 Å². The summed E-state index contributed by atoms with van der Waals surface area (Å²) in [7, 11) is 2.90. The molecule has 456 valence electrons. The number of carbonyl (C=O) groups is 5. The van der Waals surface area contributed by atoms with Gasteiger partial charge in [0.1, 0.15) is 16.8 Å². The van der Waals surface area contributed by atoms with Crippen LogP contribution in [0.5, 0.6) is 0 Å². The molecule has 0 radical (unpaired) electrons. The molecule has 4 amide bonds. The number of hydrogen-bond acceptors (Lipinski definition) is 15. The van der Waals surface area contributed by atoms with Gasteiger partial charge in [-0.05, 0) is 184 Å². The van der Waals surface area contributed by atoms with E-state index in [9.17, 15) is 24.0 Å². The fraction of sp³-hybridized carbons (Fsp3) is 0.915. The second-order valence-electron chi connectivity index (χ2n) is 27.4. The third-order valence-corrected chi connectivity index (χ3v) is 15.2. The molecule has 1 aliphatic carbocycles. The van der Waals surface area contributed by atoms with Crippen molar-refractivity contribution in [3.8, 4) is 0 Å². The Morgan fingerprint density at radius 3 is 1.01 bits per heavy atom. The molecule has 1 spiro atoms. The lowest BCUT2D eigenvalue weighted by Crippen LogP contribution is -2.59. The number of methoxy groups -OCH3 is 2. The fourth-order valence-electron chi connectivity index (χ4n) is 9.79. The Morgan fingerprint density at radius 1 is 0.385 bits per heavy atom. The lowest BCUT2D eigenvalue weighted by molar-refractivity contribution is -0.154. The Labute approximate surface area is 474 Å². The van der Waals surface area contributed by atoms with Crippen LogP contribution >= 0.6 is 0 Å². The van der Waals surface area contributed by atoms with Crippen molar-refractivity contribution in [2.75, 3.05) is 125 Å². The zero-order valence-electron chi connectivity index (χ0n) is 53.8. The molecule has 6 fully saturated rings. The summed E-state index contributed by atoms with van der Waals surface area (Å²) in [6.45, 7) is 58.3. The molecule has 6 aliphatic rings. The zero-order chi connectivity index (χ0) is 59.8. The van der Waals surface area contributed by atoms with E-state index in [1.165, 1.54) is 14.2 Å². The lowest BCUT2D eigenvalue weighted by atomic mass is 9.80. The smallest absolute Gasteiger partial charge is 0.410 e. The third kappa shape index (κ3) is 24.6. The molecule has 5 saturated heterocycles. The van der Waals surface area contributed by atoms with Gasteiger partial charge >= 0.3 is 30.3 Å². The quantitative estimate of drug-likeness (QED) is 0.189. The van der Waals surface area contributed by atoms with Crippen LogP contribution in [0.15, 0.2) is 0 Å². The highest BCUT2D eigenvalue weighted by atomic mass is 16.6. The maximum Gasteiger partial charge on any atom is 0.410 e. The van der Waals surface area contributed by atoms with Crippen molar-refractivity contribution in [2.45, 2.75) is 223 Å². The lowest BCUT2D eigenvalue weighted by Gasteiger charge is -2.43. The van der Waals surface area contributed by atoms with Gasteiger partial charge in [-0.3, -0.25) is 29.3 Å². The minimum Gasteiger partial charge on any atom is -0.469 e. The molecule has 0 aromatic rings. The molecule has 0 atom stereocenters. The summed E-state index contributed by atoms with van der Waals surface area (Å²) in [6, 6.07) is 2.25. The summed E-state index contributed by atoms with van der Waals surface area (Å²) >= 11 is 0. The summed E-state index contributed by atoms with van der Waals surface area (Å²) in [5.74, 6) is -0.0547. The van der Waals surface area contributed by atoms with Gasteiger partial charge < -0.3 is 43.3 Å². The Kier molecular flexibility index (Phi) is 27.5. The van der Waals surface area contributed by atoms with Crippen LogP contribution in [0.2, 0.25) is 0 Å². The summed E-state index contributed by atoms with van der Waals surface area (Å²) in [5, 5.41) is 0. The van der Waals surface area contributed by atoms with Crippen molar-refractivity contribution < 1.29 is 47.7 Å². The zero-order valence-corrected chi connectivity index (χ0v) is 53.8. The van der Waals surface area contributed by atoms with E-state index in [1.54, 1.807) is 14.7 Å². The maximum absolute atomic E-state index is 12.2. The van der Waals surface area contributed by atoms with Gasteiger partial charge in [0.2, 0.25) is 0 Å². The average Bonchev–Trinajstić information content (AvgIpc) is 4.10. The minimum absolute atomic E-state index is 0.0547. The number of esters is 1. The van der Waals surface area contributed by atoms with Crippen LogP contribution in [-0.2, 0) is 28.5 Å². The number of nitrogens with zero attached hydrogens (tertiary/aromatic N) is 9. The SMILES string of the molecule is CC(C)N1CCN(C(=O)OC(C)(C)C)C2(CC2)C1.CC(C)N1CCN(C(=O)OC(C)(C)C)CC1.CC(C)N1CCN(C(=O)OC(C)(C)C)CC1.COC(=O)C1(C)CCN(C(C)C)CC1.COC(=O)N1CCN(C(C)(C)C)CC1. The van der Waals surface area contributed by atoms with Gasteiger partial charge in [-0.15, -0.1) is 0 Å². The molecule has 78 heavy (non-hydrogen) atoms. The van der Waals surface area contributed by atoms with Crippen molar-refractivity contribution in [3.63, 3.8) is 0 Å². The summed E-state index contributed by atoms with van der Waals surface area (Å²) in [5.41, 5.74) is -1.17. The Balaban J connectivity index is 0.000000335. The van der Waals surface area contributed by atoms with Crippen molar-refractivity contribution in [3.05, 3.63) is 0 Å². The Morgan fingerprint density at radius 2 is 0.705 bits per heavy atom. The highest BCUT2D eigenvalue weighted by molar-refractivity contribution is 5.76. The molecule has 5 aliphatic heterocycles. The maximum atomic E-state index is 12.2. The van der Waals surface area contributed by atoms with E-state index in [2.05, 4.69) is 105 Å². The van der Waals surface area contributed by atoms with Gasteiger partial charge in [-0.25, -0.2) is 19.2 Å². The van der Waals surface area contributed by atoms with E-state index >= 15 is 0 Å². The number of piperidine rings is 1. The first-order valence-electron chi connectivity index (χ1n) is 29.4. The van der Waals surface area contributed by atoms with Gasteiger partial charge in [-0.2, -0.15) is 0 Å². The molecular weight excluding hydrogens is 995 g/mol. The van der Waals surface area contributed by atoms with Crippen molar-refractivity contribution in [1.82, 2.24) is 44.1 Å². The standard InChI is InChI=1S/C14H26N2O2.2C12H24N2O2.C11H21NO2.C10H20N2O2/c1-11(2)15-8-9-16(14(10-15)6-7-14)12(17)18-13(3,4)5;2*1-10(2)13-6-8-14(9-7-13)11(15)16-12(3,4)5;1-9(2)12-7-5-11(3,6-8-12)10(13)14-4;1-10(2,3)12-7-5-11(6-8-12)9(13)14-4/h11H,6-10H2,1-5H3;2*10H,6-9H2,1-5H3;9H,5-8H2,1-4H3;5-8H2,1-4H3. The molecule has 1 saturated carbocycles. The number of piperazine rings is 4. The molecule has 0 N–H and O–H groups in total. The number of rotatable bonds is 5. The van der Waals surface area contributed by atoms with Crippen molar-refractivity contribution in [1.29, 1.82) is 0 Å². The summed E-state index contributed by atoms with van der Waals surface area (Å²) < 4.78 is 25.7. The normalized spacial score (nSPS) is 20.8. The van der Waals surface area contributed by atoms with Crippen LogP contribution in [0.25, 0.3) is 0 Å². The third-order valence-electron chi connectivity index (χ3n) is 15.2. The molecule has 0 unspecified atom stereocenters. The molecule has 0 aromatic carbocycles. The first kappa shape index (κ1) is 70.5. The molecule has 6 rings (SSSR count). The number of amides is 4. The highest BCUT2D eigenvalue weighted by Crippen LogP contribution is 2.45. The van der Waals surface area contributed by atoms with E-state index in [-0.39, 0.29) is 46.8 Å². The number of hydrogen-bond donors (Lipinski definition) is 0. The van der Waals surface area contributed by atoms with Gasteiger partial charge in [0.25, 0.3) is 0 Å². The van der Waals surface area contributed by atoms with E-state index < -0.39 is 16.8 Å². The first-order chi connectivity index (χ1) is 35.8. The van der Waals surface area contributed by atoms with Gasteiger partial charge in [-0.1, -0.05) is 0 Å². The summed E-state index contributed by atoms with van der Waals surface area (Å²) in [6.07, 6.45) is 3.36. The van der Waals surface area contributed by atoms with Crippen LogP contribution in [-0.4, -0.2) is 252 Å². The predicted octanol–water partition coefficient (Wildman–Crippen LogP) is 9.21. The van der Waals surface area contributed by atoms with Crippen LogP contribution in [0.3, 0.4) is 0 Å². The van der Waals surface area contributed by atoms with Crippen LogP contribution < -0.4 is 0 Å². The summed E-state index contributed by atoms with van der Waals surface area (Å²) in [4.78, 5) is 77.8. The molecule has 0 bridgehead atoms. The van der Waals surface area contributed by atoms with Crippen LogP contribution in [0, 0.1) is 5.41 Å². The molecular formula is C59H115N9O10.